The molecule has 1 aliphatic heterocycles. The van der Waals surface area contributed by atoms with Crippen molar-refractivity contribution in [2.45, 2.75) is 64.6 Å². The molecule has 4 rings (SSSR count). The number of amides is 2. The molecule has 0 radical (unpaired) electrons. The van der Waals surface area contributed by atoms with Crippen LogP contribution in [-0.2, 0) is 11.3 Å². The highest BCUT2D eigenvalue weighted by atomic mass is 16.5. The fourth-order valence-electron chi connectivity index (χ4n) is 5.31. The van der Waals surface area contributed by atoms with E-state index in [2.05, 4.69) is 39.7 Å². The van der Waals surface area contributed by atoms with Gasteiger partial charge in [-0.1, -0.05) is 26.2 Å². The van der Waals surface area contributed by atoms with Gasteiger partial charge in [-0.25, -0.2) is 4.68 Å². The number of fused-ring (bicyclic) bond motifs is 1. The second kappa shape index (κ2) is 12.5. The number of anilines is 1. The summed E-state index contributed by atoms with van der Waals surface area (Å²) in [4.78, 5) is 30.1. The van der Waals surface area contributed by atoms with E-state index >= 15 is 0 Å². The zero-order chi connectivity index (χ0) is 26.4. The van der Waals surface area contributed by atoms with Gasteiger partial charge in [-0.15, -0.1) is 5.10 Å². The van der Waals surface area contributed by atoms with Crippen LogP contribution in [-0.4, -0.2) is 92.4 Å². The lowest BCUT2D eigenvalue weighted by Crippen LogP contribution is -2.50. The maximum atomic E-state index is 13.6. The summed E-state index contributed by atoms with van der Waals surface area (Å²) in [6, 6.07) is 4.77. The molecule has 11 heteroatoms. The Kier molecular flexibility index (Phi) is 9.09. The third-order valence-electron chi connectivity index (χ3n) is 7.43. The van der Waals surface area contributed by atoms with Crippen molar-refractivity contribution in [2.24, 2.45) is 11.8 Å². The number of hydrogen-bond donors (Lipinski definition) is 2. The summed E-state index contributed by atoms with van der Waals surface area (Å²) in [6.45, 7) is 6.02. The lowest BCUT2D eigenvalue weighted by molar-refractivity contribution is -0.116. The first-order valence-corrected chi connectivity index (χ1v) is 13.3. The van der Waals surface area contributed by atoms with Gasteiger partial charge in [0.15, 0.2) is 0 Å². The van der Waals surface area contributed by atoms with Gasteiger partial charge in [0.05, 0.1) is 18.2 Å². The standard InChI is InChI=1S/C26H39N7O4/c1-18-12-33(19(2)16-34)26(36)22-11-21(28-25(35)15-32-17-27-29-30-32)9-10-23(22)37-24(18)14-31(3)13-20-7-5-4-6-8-20/h9-11,17-20,24,34H,4-8,12-16H2,1-3H3,(H,28,35)/t18-,19+,24+/m1/s1. The van der Waals surface area contributed by atoms with Gasteiger partial charge in [-0.3, -0.25) is 9.59 Å². The molecule has 202 valence electrons. The molecular formula is C26H39N7O4. The van der Waals surface area contributed by atoms with Crippen LogP contribution in [0.5, 0.6) is 5.75 Å². The number of carbonyl (C=O) groups is 2. The number of likely N-dealkylation sites (N-methyl/N-ethyl adjacent to an activating group) is 1. The number of aliphatic hydroxyl groups excluding tert-OH is 1. The first-order chi connectivity index (χ1) is 17.8. The third-order valence-corrected chi connectivity index (χ3v) is 7.43. The van der Waals surface area contributed by atoms with E-state index in [1.165, 1.54) is 43.1 Å². The predicted octanol–water partition coefficient (Wildman–Crippen LogP) is 2.04. The Hall–Kier alpha value is -3.05. The minimum absolute atomic E-state index is 0.0465. The van der Waals surface area contributed by atoms with E-state index in [9.17, 15) is 14.7 Å². The Bertz CT molecular complexity index is 1040. The lowest BCUT2D eigenvalue weighted by Gasteiger charge is -2.38. The van der Waals surface area contributed by atoms with Gasteiger partial charge in [0.25, 0.3) is 5.91 Å². The number of aromatic nitrogens is 4. The molecule has 2 amide bonds. The van der Waals surface area contributed by atoms with Crippen molar-refractivity contribution in [3.8, 4) is 5.75 Å². The van der Waals surface area contributed by atoms with Gasteiger partial charge in [0.2, 0.25) is 5.91 Å². The van der Waals surface area contributed by atoms with Crippen molar-refractivity contribution in [3.05, 3.63) is 30.1 Å². The summed E-state index contributed by atoms with van der Waals surface area (Å²) in [5, 5.41) is 23.4. The fraction of sp³-hybridized carbons (Fsp3) is 0.654. The number of nitrogens with zero attached hydrogens (tertiary/aromatic N) is 6. The van der Waals surface area contributed by atoms with Gasteiger partial charge in [-0.05, 0) is 61.4 Å². The quantitative estimate of drug-likeness (QED) is 0.522. The lowest BCUT2D eigenvalue weighted by atomic mass is 9.89. The second-order valence-corrected chi connectivity index (χ2v) is 10.6. The van der Waals surface area contributed by atoms with E-state index in [-0.39, 0.29) is 43.0 Å². The van der Waals surface area contributed by atoms with Crippen LogP contribution in [0.25, 0.3) is 0 Å². The SMILES string of the molecule is C[C@@H]1CN([C@@H](C)CO)C(=O)c2cc(NC(=O)Cn3cnnn3)ccc2O[C@H]1CN(C)CC1CCCCC1. The highest BCUT2D eigenvalue weighted by Gasteiger charge is 2.34. The van der Waals surface area contributed by atoms with Crippen molar-refractivity contribution in [3.63, 3.8) is 0 Å². The molecule has 1 saturated carbocycles. The van der Waals surface area contributed by atoms with Gasteiger partial charge in [0.1, 0.15) is 24.7 Å². The van der Waals surface area contributed by atoms with Crippen LogP contribution in [0.4, 0.5) is 5.69 Å². The molecule has 1 aliphatic carbocycles. The average molecular weight is 514 g/mol. The molecule has 37 heavy (non-hydrogen) atoms. The second-order valence-electron chi connectivity index (χ2n) is 10.6. The van der Waals surface area contributed by atoms with Crippen LogP contribution in [0, 0.1) is 11.8 Å². The number of nitrogens with one attached hydrogen (secondary N) is 1. The number of aliphatic hydroxyl groups is 1. The first-order valence-electron chi connectivity index (χ1n) is 13.3. The zero-order valence-corrected chi connectivity index (χ0v) is 22.0. The predicted molar refractivity (Wildman–Crippen MR) is 138 cm³/mol. The van der Waals surface area contributed by atoms with Crippen LogP contribution in [0.3, 0.4) is 0 Å². The fourth-order valence-corrected chi connectivity index (χ4v) is 5.31. The first kappa shape index (κ1) is 27.0. The minimum Gasteiger partial charge on any atom is -0.488 e. The Morgan fingerprint density at radius 2 is 2.05 bits per heavy atom. The molecular weight excluding hydrogens is 474 g/mol. The largest absolute Gasteiger partial charge is 0.488 e. The molecule has 2 aliphatic rings. The molecule has 2 aromatic rings. The van der Waals surface area contributed by atoms with Crippen molar-refractivity contribution in [2.75, 3.05) is 38.6 Å². The third kappa shape index (κ3) is 7.04. The number of ether oxygens (including phenoxy) is 1. The number of tetrazole rings is 1. The molecule has 0 spiro atoms. The van der Waals surface area contributed by atoms with Crippen molar-refractivity contribution < 1.29 is 19.4 Å². The molecule has 3 atom stereocenters. The maximum Gasteiger partial charge on any atom is 0.258 e. The zero-order valence-electron chi connectivity index (χ0n) is 22.0. The van der Waals surface area contributed by atoms with E-state index in [1.54, 1.807) is 23.1 Å². The van der Waals surface area contributed by atoms with E-state index in [4.69, 9.17) is 4.74 Å². The topological polar surface area (TPSA) is 126 Å². The molecule has 0 bridgehead atoms. The summed E-state index contributed by atoms with van der Waals surface area (Å²) in [5.41, 5.74) is 0.845. The number of benzene rings is 1. The summed E-state index contributed by atoms with van der Waals surface area (Å²) in [6.07, 6.45) is 7.76. The van der Waals surface area contributed by atoms with Crippen LogP contribution in [0.2, 0.25) is 0 Å². The summed E-state index contributed by atoms with van der Waals surface area (Å²) in [5.74, 6) is 0.732. The summed E-state index contributed by atoms with van der Waals surface area (Å²) < 4.78 is 7.81. The van der Waals surface area contributed by atoms with Crippen LogP contribution in [0.15, 0.2) is 24.5 Å². The monoisotopic (exact) mass is 513 g/mol. The minimum atomic E-state index is -0.348. The number of hydrogen-bond acceptors (Lipinski definition) is 8. The smallest absolute Gasteiger partial charge is 0.258 e. The number of rotatable bonds is 9. The molecule has 11 nitrogen and oxygen atoms in total. The molecule has 2 heterocycles. The molecule has 1 aromatic carbocycles. The van der Waals surface area contributed by atoms with Crippen molar-refractivity contribution in [1.82, 2.24) is 30.0 Å². The van der Waals surface area contributed by atoms with E-state index < -0.39 is 0 Å². The van der Waals surface area contributed by atoms with E-state index in [1.807, 2.05) is 6.92 Å². The maximum absolute atomic E-state index is 13.6. The molecule has 1 aromatic heterocycles. The highest BCUT2D eigenvalue weighted by Crippen LogP contribution is 2.31. The summed E-state index contributed by atoms with van der Waals surface area (Å²) >= 11 is 0. The molecule has 0 saturated heterocycles. The van der Waals surface area contributed by atoms with Crippen molar-refractivity contribution in [1.29, 1.82) is 0 Å². The number of carbonyl (C=O) groups excluding carboxylic acids is 2. The van der Waals surface area contributed by atoms with Gasteiger partial charge in [-0.2, -0.15) is 0 Å². The van der Waals surface area contributed by atoms with Crippen molar-refractivity contribution >= 4 is 17.5 Å². The van der Waals surface area contributed by atoms with E-state index in [0.29, 0.717) is 23.5 Å². The molecule has 0 unspecified atom stereocenters. The molecule has 2 N–H and O–H groups in total. The average Bonchev–Trinajstić information content (AvgIpc) is 3.39. The van der Waals surface area contributed by atoms with Crippen LogP contribution >= 0.6 is 0 Å². The van der Waals surface area contributed by atoms with Gasteiger partial charge >= 0.3 is 0 Å². The normalized spacial score (nSPS) is 21.6. The van der Waals surface area contributed by atoms with Crippen LogP contribution < -0.4 is 10.1 Å². The summed E-state index contributed by atoms with van der Waals surface area (Å²) in [7, 11) is 2.15. The Morgan fingerprint density at radius 1 is 1.27 bits per heavy atom. The van der Waals surface area contributed by atoms with Crippen LogP contribution in [0.1, 0.15) is 56.3 Å². The Morgan fingerprint density at radius 3 is 2.76 bits per heavy atom. The highest BCUT2D eigenvalue weighted by molar-refractivity contribution is 5.99. The van der Waals surface area contributed by atoms with E-state index in [0.717, 1.165) is 19.0 Å². The Labute approximate surface area is 218 Å². The van der Waals surface area contributed by atoms with Gasteiger partial charge in [0, 0.05) is 31.2 Å². The molecule has 1 fully saturated rings. The Balaban J connectivity index is 1.53. The van der Waals surface area contributed by atoms with Gasteiger partial charge < -0.3 is 25.0 Å².